The molecule has 0 atom stereocenters. The summed E-state index contributed by atoms with van der Waals surface area (Å²) in [5, 5.41) is 0. The zero-order chi connectivity index (χ0) is 22.0. The molecule has 10 heteroatoms. The van der Waals surface area contributed by atoms with Crippen molar-refractivity contribution in [2.45, 2.75) is 102 Å². The first-order valence-electron chi connectivity index (χ1n) is 9.97. The number of hydrogen-bond donors (Lipinski definition) is 0. The average molecular weight is 437 g/mol. The standard InChI is InChI=1S/C19H29F8N2/c20-17(21,19(25,26)27)11-9-7-5-3-1-2-4-6-8-10-12-28-13-14-29(16-28)15-18(22,23)24/h13-14,16H,1-12,15H2/q+1. The fraction of sp³-hybridized carbons (Fsp3) is 0.842. The van der Waals surface area contributed by atoms with Gasteiger partial charge in [0.1, 0.15) is 12.4 Å². The average Bonchev–Trinajstić information content (AvgIpc) is 3.00. The number of alkyl halides is 8. The van der Waals surface area contributed by atoms with Gasteiger partial charge in [0.05, 0.1) is 6.54 Å². The highest BCUT2D eigenvalue weighted by Crippen LogP contribution is 2.39. The molecule has 1 heterocycles. The second-order valence-corrected chi connectivity index (χ2v) is 7.43. The van der Waals surface area contributed by atoms with Crippen LogP contribution in [-0.4, -0.2) is 22.8 Å². The van der Waals surface area contributed by atoms with Crippen molar-refractivity contribution in [3.8, 4) is 0 Å². The van der Waals surface area contributed by atoms with Crippen LogP contribution < -0.4 is 4.57 Å². The minimum atomic E-state index is -5.46. The van der Waals surface area contributed by atoms with Gasteiger partial charge in [-0.1, -0.05) is 44.9 Å². The van der Waals surface area contributed by atoms with E-state index >= 15 is 0 Å². The molecule has 170 valence electrons. The van der Waals surface area contributed by atoms with E-state index in [4.69, 9.17) is 0 Å². The fourth-order valence-corrected chi connectivity index (χ4v) is 3.07. The summed E-state index contributed by atoms with van der Waals surface area (Å²) >= 11 is 0. The van der Waals surface area contributed by atoms with Crippen LogP contribution in [-0.2, 0) is 13.1 Å². The maximum Gasteiger partial charge on any atom is 0.453 e. The molecule has 0 aliphatic rings. The van der Waals surface area contributed by atoms with Gasteiger partial charge in [-0.05, 0) is 19.3 Å². The van der Waals surface area contributed by atoms with Gasteiger partial charge in [0.25, 0.3) is 0 Å². The zero-order valence-electron chi connectivity index (χ0n) is 16.3. The topological polar surface area (TPSA) is 8.81 Å². The normalized spacial score (nSPS) is 13.2. The van der Waals surface area contributed by atoms with Crippen LogP contribution in [0.2, 0.25) is 0 Å². The van der Waals surface area contributed by atoms with Crippen molar-refractivity contribution in [3.63, 3.8) is 0 Å². The Balaban J connectivity index is 1.94. The van der Waals surface area contributed by atoms with Crippen molar-refractivity contribution in [1.29, 1.82) is 0 Å². The van der Waals surface area contributed by atoms with Gasteiger partial charge in [-0.25, -0.2) is 9.13 Å². The molecule has 0 saturated carbocycles. The lowest BCUT2D eigenvalue weighted by Crippen LogP contribution is -2.36. The number of rotatable bonds is 14. The Hall–Kier alpha value is -1.35. The Morgan fingerprint density at radius 1 is 0.655 bits per heavy atom. The van der Waals surface area contributed by atoms with Crippen LogP contribution >= 0.6 is 0 Å². The van der Waals surface area contributed by atoms with E-state index in [1.54, 1.807) is 10.8 Å². The number of nitrogens with zero attached hydrogens (tertiary/aromatic N) is 2. The first kappa shape index (κ1) is 25.7. The minimum absolute atomic E-state index is 0.130. The third kappa shape index (κ3) is 11.4. The first-order chi connectivity index (χ1) is 13.4. The molecule has 1 aromatic rings. The van der Waals surface area contributed by atoms with E-state index in [1.807, 2.05) is 0 Å². The molecule has 0 spiro atoms. The predicted octanol–water partition coefficient (Wildman–Crippen LogP) is 6.83. The number of aromatic nitrogens is 2. The second-order valence-electron chi connectivity index (χ2n) is 7.43. The van der Waals surface area contributed by atoms with Crippen molar-refractivity contribution >= 4 is 0 Å². The van der Waals surface area contributed by atoms with Crippen LogP contribution in [0, 0.1) is 0 Å². The number of imidazole rings is 1. The molecule has 0 bridgehead atoms. The van der Waals surface area contributed by atoms with Crippen molar-refractivity contribution in [2.24, 2.45) is 0 Å². The van der Waals surface area contributed by atoms with Crippen LogP contribution in [0.25, 0.3) is 0 Å². The van der Waals surface area contributed by atoms with Gasteiger partial charge in [0.15, 0.2) is 6.54 Å². The van der Waals surface area contributed by atoms with Crippen LogP contribution in [0.15, 0.2) is 18.7 Å². The molecule has 2 nitrogen and oxygen atoms in total. The monoisotopic (exact) mass is 437 g/mol. The Morgan fingerprint density at radius 2 is 1.14 bits per heavy atom. The molecule has 0 fully saturated rings. The molecule has 0 N–H and O–H groups in total. The van der Waals surface area contributed by atoms with Gasteiger partial charge >= 0.3 is 18.3 Å². The van der Waals surface area contributed by atoms with Crippen molar-refractivity contribution < 1.29 is 39.7 Å². The first-order valence-corrected chi connectivity index (χ1v) is 9.97. The maximum absolute atomic E-state index is 12.7. The van der Waals surface area contributed by atoms with E-state index in [1.165, 1.54) is 12.5 Å². The SMILES string of the molecule is FC(F)(F)Cn1cc[n+](CCCCCCCCCCCCC(F)(F)C(F)(F)F)c1. The van der Waals surface area contributed by atoms with E-state index in [-0.39, 0.29) is 6.42 Å². The third-order valence-corrected chi connectivity index (χ3v) is 4.68. The van der Waals surface area contributed by atoms with Crippen molar-refractivity contribution in [1.82, 2.24) is 4.57 Å². The Kier molecular flexibility index (Phi) is 10.4. The molecular weight excluding hydrogens is 408 g/mol. The molecular formula is C19H29F8N2+. The Bertz CT molecular complexity index is 563. The molecule has 0 radical (unpaired) electrons. The van der Waals surface area contributed by atoms with Gasteiger partial charge in [0, 0.05) is 6.42 Å². The summed E-state index contributed by atoms with van der Waals surface area (Å²) in [6.07, 6.45) is 1.08. The van der Waals surface area contributed by atoms with Gasteiger partial charge in [-0.2, -0.15) is 35.1 Å². The fourth-order valence-electron chi connectivity index (χ4n) is 3.07. The number of unbranched alkanes of at least 4 members (excludes halogenated alkanes) is 9. The highest BCUT2D eigenvalue weighted by atomic mass is 19.4. The van der Waals surface area contributed by atoms with Gasteiger partial charge in [0.2, 0.25) is 6.33 Å². The van der Waals surface area contributed by atoms with Crippen LogP contribution in [0.3, 0.4) is 0 Å². The summed E-state index contributed by atoms with van der Waals surface area (Å²) < 4.78 is 101. The lowest BCUT2D eigenvalue weighted by molar-refractivity contribution is -0.697. The molecule has 0 saturated heterocycles. The molecule has 0 unspecified atom stereocenters. The van der Waals surface area contributed by atoms with Crippen LogP contribution in [0.4, 0.5) is 35.1 Å². The lowest BCUT2D eigenvalue weighted by Gasteiger charge is -2.19. The van der Waals surface area contributed by atoms with E-state index in [9.17, 15) is 35.1 Å². The number of aryl methyl sites for hydroxylation is 1. The van der Waals surface area contributed by atoms with Gasteiger partial charge in [-0.3, -0.25) is 0 Å². The third-order valence-electron chi connectivity index (χ3n) is 4.68. The summed E-state index contributed by atoms with van der Waals surface area (Å²) in [7, 11) is 0. The van der Waals surface area contributed by atoms with E-state index in [0.717, 1.165) is 49.5 Å². The van der Waals surface area contributed by atoms with E-state index in [2.05, 4.69) is 0 Å². The molecule has 29 heavy (non-hydrogen) atoms. The number of halogens is 8. The van der Waals surface area contributed by atoms with Gasteiger partial charge in [-0.15, -0.1) is 0 Å². The second kappa shape index (κ2) is 11.7. The molecule has 1 rings (SSSR count). The Labute approximate surface area is 165 Å². The maximum atomic E-state index is 12.7. The summed E-state index contributed by atoms with van der Waals surface area (Å²) in [6.45, 7) is -0.335. The largest absolute Gasteiger partial charge is 0.453 e. The highest BCUT2D eigenvalue weighted by molar-refractivity contribution is 4.75. The highest BCUT2D eigenvalue weighted by Gasteiger charge is 2.56. The molecule has 0 amide bonds. The van der Waals surface area contributed by atoms with Crippen molar-refractivity contribution in [3.05, 3.63) is 18.7 Å². The van der Waals surface area contributed by atoms with Crippen LogP contribution in [0.5, 0.6) is 0 Å². The molecule has 1 aromatic heterocycles. The summed E-state index contributed by atoms with van der Waals surface area (Å²) in [4.78, 5) is 0. The Morgan fingerprint density at radius 3 is 1.62 bits per heavy atom. The quantitative estimate of drug-likeness (QED) is 0.171. The van der Waals surface area contributed by atoms with Crippen LogP contribution in [0.1, 0.15) is 70.6 Å². The number of hydrogen-bond acceptors (Lipinski definition) is 0. The van der Waals surface area contributed by atoms with Gasteiger partial charge < -0.3 is 0 Å². The summed E-state index contributed by atoms with van der Waals surface area (Å²) in [5.74, 6) is -4.59. The van der Waals surface area contributed by atoms with E-state index in [0.29, 0.717) is 19.4 Å². The molecule has 0 aliphatic carbocycles. The smallest absolute Gasteiger partial charge is 0.237 e. The zero-order valence-corrected chi connectivity index (χ0v) is 16.3. The van der Waals surface area contributed by atoms with Crippen molar-refractivity contribution in [2.75, 3.05) is 0 Å². The summed E-state index contributed by atoms with van der Waals surface area (Å²) in [5.41, 5.74) is 0. The lowest BCUT2D eigenvalue weighted by atomic mass is 10.0. The molecule has 0 aliphatic heterocycles. The molecule has 0 aromatic carbocycles. The predicted molar refractivity (Wildman–Crippen MR) is 92.5 cm³/mol. The van der Waals surface area contributed by atoms with E-state index < -0.39 is 31.2 Å². The summed E-state index contributed by atoms with van der Waals surface area (Å²) in [6, 6.07) is 0. The minimum Gasteiger partial charge on any atom is -0.237 e.